The number of aliphatic imine (C=N–C) groups is 2. The van der Waals surface area contributed by atoms with E-state index in [9.17, 15) is 9.59 Å². The Hall–Kier alpha value is -2.93. The molecule has 0 fully saturated rings. The van der Waals surface area contributed by atoms with Crippen molar-refractivity contribution in [1.82, 2.24) is 10.2 Å². The number of thioether (sulfide) groups is 1. The van der Waals surface area contributed by atoms with Gasteiger partial charge < -0.3 is 5.32 Å². The minimum Gasteiger partial charge on any atom is -0.351 e. The Morgan fingerprint density at radius 3 is 2.65 bits per heavy atom. The zero-order valence-corrected chi connectivity index (χ0v) is 18.8. The topological polar surface area (TPSA) is 74.1 Å². The van der Waals surface area contributed by atoms with Crippen LogP contribution < -0.4 is 5.32 Å². The zero-order valence-electron chi connectivity index (χ0n) is 18.0. The molecule has 0 radical (unpaired) electrons. The minimum absolute atomic E-state index is 0.0653. The van der Waals surface area contributed by atoms with E-state index >= 15 is 0 Å². The van der Waals surface area contributed by atoms with E-state index in [-0.39, 0.29) is 17.6 Å². The summed E-state index contributed by atoms with van der Waals surface area (Å²) in [6.45, 7) is 6.67. The maximum Gasteiger partial charge on any atom is 0.259 e. The minimum atomic E-state index is -0.401. The van der Waals surface area contributed by atoms with Gasteiger partial charge in [0.2, 0.25) is 5.91 Å². The maximum atomic E-state index is 13.1. The highest BCUT2D eigenvalue weighted by atomic mass is 32.2. The standard InChI is InChI=1S/C24H26N4O2S/c1-15(2)12-20-23(30)28-22(26-20)18-6-4-5-7-19(18)27-24(28)31-14-21(29)25-13-17-10-8-16(3)9-11-17/h4-11,15,20H,12-14H2,1-3H3,(H,25,29)/t20-/m1/s1. The van der Waals surface area contributed by atoms with Gasteiger partial charge in [0.25, 0.3) is 5.91 Å². The number of nitrogens with zero attached hydrogens (tertiary/aromatic N) is 3. The van der Waals surface area contributed by atoms with Crippen molar-refractivity contribution >= 4 is 40.3 Å². The third kappa shape index (κ3) is 4.71. The number of para-hydroxylation sites is 1. The Kier molecular flexibility index (Phi) is 6.23. The van der Waals surface area contributed by atoms with Crippen molar-refractivity contribution < 1.29 is 9.59 Å². The van der Waals surface area contributed by atoms with Crippen LogP contribution in [-0.4, -0.2) is 39.5 Å². The molecule has 0 saturated heterocycles. The number of benzene rings is 2. The number of carbonyl (C=O) groups excluding carboxylic acids is 2. The molecule has 2 aliphatic rings. The zero-order chi connectivity index (χ0) is 22.0. The third-order valence-electron chi connectivity index (χ3n) is 5.19. The van der Waals surface area contributed by atoms with Gasteiger partial charge >= 0.3 is 0 Å². The van der Waals surface area contributed by atoms with Crippen molar-refractivity contribution in [3.05, 3.63) is 65.2 Å². The van der Waals surface area contributed by atoms with Crippen LogP contribution in [0.5, 0.6) is 0 Å². The van der Waals surface area contributed by atoms with Crippen LogP contribution in [0.4, 0.5) is 5.69 Å². The van der Waals surface area contributed by atoms with Gasteiger partial charge in [-0.1, -0.05) is 67.6 Å². The molecule has 2 amide bonds. The molecule has 31 heavy (non-hydrogen) atoms. The van der Waals surface area contributed by atoms with Crippen molar-refractivity contribution in [2.45, 2.75) is 39.8 Å². The molecule has 0 spiro atoms. The fourth-order valence-corrected chi connectivity index (χ4v) is 4.42. The van der Waals surface area contributed by atoms with Gasteiger partial charge in [0, 0.05) is 12.1 Å². The van der Waals surface area contributed by atoms with E-state index < -0.39 is 6.04 Å². The van der Waals surface area contributed by atoms with Crippen molar-refractivity contribution in [1.29, 1.82) is 0 Å². The first-order valence-electron chi connectivity index (χ1n) is 10.5. The summed E-state index contributed by atoms with van der Waals surface area (Å²) < 4.78 is 0. The molecule has 160 valence electrons. The predicted molar refractivity (Wildman–Crippen MR) is 126 cm³/mol. The molecule has 2 aliphatic heterocycles. The Morgan fingerprint density at radius 1 is 1.16 bits per heavy atom. The summed E-state index contributed by atoms with van der Waals surface area (Å²) in [6, 6.07) is 15.3. The van der Waals surface area contributed by atoms with Crippen LogP contribution in [0.1, 0.15) is 37.0 Å². The molecule has 2 aromatic carbocycles. The van der Waals surface area contributed by atoms with Gasteiger partial charge in [0.15, 0.2) is 5.17 Å². The summed E-state index contributed by atoms with van der Waals surface area (Å²) in [5.41, 5.74) is 3.87. The van der Waals surface area contributed by atoms with Gasteiger partial charge in [-0.05, 0) is 37.0 Å². The molecule has 1 N–H and O–H groups in total. The van der Waals surface area contributed by atoms with Crippen LogP contribution >= 0.6 is 11.8 Å². The lowest BCUT2D eigenvalue weighted by Crippen LogP contribution is -2.41. The fraction of sp³-hybridized carbons (Fsp3) is 0.333. The quantitative estimate of drug-likeness (QED) is 0.745. The van der Waals surface area contributed by atoms with Crippen LogP contribution in [0.25, 0.3) is 0 Å². The van der Waals surface area contributed by atoms with Crippen LogP contribution in [0.3, 0.4) is 0 Å². The molecule has 2 heterocycles. The monoisotopic (exact) mass is 434 g/mol. The molecular weight excluding hydrogens is 408 g/mol. The van der Waals surface area contributed by atoms with Crippen LogP contribution in [-0.2, 0) is 16.1 Å². The Balaban J connectivity index is 1.47. The second-order valence-electron chi connectivity index (χ2n) is 8.23. The third-order valence-corrected chi connectivity index (χ3v) is 6.12. The number of carbonyl (C=O) groups is 2. The van der Waals surface area contributed by atoms with E-state index in [0.29, 0.717) is 29.9 Å². The largest absolute Gasteiger partial charge is 0.351 e. The molecule has 1 atom stereocenters. The molecule has 6 nitrogen and oxygen atoms in total. The number of amidine groups is 2. The number of hydrogen-bond donors (Lipinski definition) is 1. The van der Waals surface area contributed by atoms with Crippen molar-refractivity contribution in [3.63, 3.8) is 0 Å². The van der Waals surface area contributed by atoms with E-state index in [1.165, 1.54) is 17.3 Å². The normalized spacial score (nSPS) is 17.2. The SMILES string of the molecule is Cc1ccc(CNC(=O)CSC2=Nc3ccccc3C3=N[C@H](CC(C)C)C(=O)N23)cc1. The van der Waals surface area contributed by atoms with Gasteiger partial charge in [0.05, 0.1) is 11.4 Å². The summed E-state index contributed by atoms with van der Waals surface area (Å²) in [4.78, 5) is 36.5. The first-order chi connectivity index (χ1) is 14.9. The molecule has 4 rings (SSSR count). The maximum absolute atomic E-state index is 13.1. The van der Waals surface area contributed by atoms with Crippen LogP contribution in [0.2, 0.25) is 0 Å². The molecular formula is C24H26N4O2S. The molecule has 0 saturated carbocycles. The second-order valence-corrected chi connectivity index (χ2v) is 9.18. The van der Waals surface area contributed by atoms with Gasteiger partial charge in [-0.3, -0.25) is 14.6 Å². The Labute approximate surface area is 186 Å². The summed E-state index contributed by atoms with van der Waals surface area (Å²) in [7, 11) is 0. The first kappa shape index (κ1) is 21.3. The number of rotatable bonds is 6. The lowest BCUT2D eigenvalue weighted by atomic mass is 10.0. The molecule has 2 aromatic rings. The molecule has 0 aromatic heterocycles. The van der Waals surface area contributed by atoms with Crippen molar-refractivity contribution in [2.75, 3.05) is 5.75 Å². The van der Waals surface area contributed by atoms with E-state index in [0.717, 1.165) is 16.8 Å². The lowest BCUT2D eigenvalue weighted by molar-refractivity contribution is -0.125. The van der Waals surface area contributed by atoms with E-state index in [1.807, 2.05) is 55.5 Å². The van der Waals surface area contributed by atoms with Gasteiger partial charge in [-0.2, -0.15) is 0 Å². The lowest BCUT2D eigenvalue weighted by Gasteiger charge is -2.25. The molecule has 0 aliphatic carbocycles. The van der Waals surface area contributed by atoms with E-state index in [4.69, 9.17) is 4.99 Å². The number of nitrogens with one attached hydrogen (secondary N) is 1. The molecule has 7 heteroatoms. The highest BCUT2D eigenvalue weighted by Gasteiger charge is 2.41. The smallest absolute Gasteiger partial charge is 0.259 e. The van der Waals surface area contributed by atoms with Gasteiger partial charge in [0.1, 0.15) is 11.9 Å². The number of fused-ring (bicyclic) bond motifs is 3. The number of aryl methyl sites for hydroxylation is 1. The fourth-order valence-electron chi connectivity index (χ4n) is 3.59. The van der Waals surface area contributed by atoms with Crippen molar-refractivity contribution in [3.8, 4) is 0 Å². The summed E-state index contributed by atoms with van der Waals surface area (Å²) in [5, 5.41) is 3.45. The van der Waals surface area contributed by atoms with Gasteiger partial charge in [-0.25, -0.2) is 9.89 Å². The highest BCUT2D eigenvalue weighted by Crippen LogP contribution is 2.34. The first-order valence-corrected chi connectivity index (χ1v) is 11.5. The Morgan fingerprint density at radius 2 is 1.90 bits per heavy atom. The van der Waals surface area contributed by atoms with Crippen LogP contribution in [0.15, 0.2) is 58.5 Å². The van der Waals surface area contributed by atoms with E-state index in [1.54, 1.807) is 4.90 Å². The summed E-state index contributed by atoms with van der Waals surface area (Å²) in [6.07, 6.45) is 0.690. The highest BCUT2D eigenvalue weighted by molar-refractivity contribution is 8.14. The molecule has 0 bridgehead atoms. The van der Waals surface area contributed by atoms with Gasteiger partial charge in [-0.15, -0.1) is 0 Å². The summed E-state index contributed by atoms with van der Waals surface area (Å²) >= 11 is 1.27. The second kappa shape index (κ2) is 9.06. The Bertz CT molecular complexity index is 1060. The van der Waals surface area contributed by atoms with Crippen LogP contribution in [0, 0.1) is 12.8 Å². The van der Waals surface area contributed by atoms with E-state index in [2.05, 4.69) is 24.2 Å². The predicted octanol–water partition coefficient (Wildman–Crippen LogP) is 4.05. The average molecular weight is 435 g/mol. The number of hydrogen-bond acceptors (Lipinski definition) is 5. The molecule has 0 unspecified atom stereocenters. The number of amides is 2. The average Bonchev–Trinajstić information content (AvgIpc) is 3.07. The van der Waals surface area contributed by atoms with Crippen molar-refractivity contribution in [2.24, 2.45) is 15.9 Å². The summed E-state index contributed by atoms with van der Waals surface area (Å²) in [5.74, 6) is 1.01.